The van der Waals surface area contributed by atoms with E-state index in [-0.39, 0.29) is 17.9 Å². The van der Waals surface area contributed by atoms with E-state index >= 15 is 0 Å². The maximum atomic E-state index is 14.0. The fourth-order valence-corrected chi connectivity index (χ4v) is 1.65. The Morgan fingerprint density at radius 3 is 2.21 bits per heavy atom. The molecule has 0 spiro atoms. The molecule has 0 aliphatic carbocycles. The van der Waals surface area contributed by atoms with Crippen LogP contribution in [0.15, 0.2) is 12.1 Å². The lowest BCUT2D eigenvalue weighted by Crippen LogP contribution is -2.29. The van der Waals surface area contributed by atoms with E-state index in [0.29, 0.717) is 5.75 Å². The lowest BCUT2D eigenvalue weighted by atomic mass is 10.0. The molecule has 0 fully saturated rings. The van der Waals surface area contributed by atoms with Crippen LogP contribution in [0.3, 0.4) is 0 Å². The van der Waals surface area contributed by atoms with Crippen molar-refractivity contribution in [3.63, 3.8) is 0 Å². The van der Waals surface area contributed by atoms with E-state index in [4.69, 9.17) is 9.47 Å². The van der Waals surface area contributed by atoms with E-state index in [0.717, 1.165) is 6.07 Å². The number of benzene rings is 1. The van der Waals surface area contributed by atoms with Gasteiger partial charge in [-0.3, -0.25) is 0 Å². The summed E-state index contributed by atoms with van der Waals surface area (Å²) >= 11 is 0. The summed E-state index contributed by atoms with van der Waals surface area (Å²) in [6.07, 6.45) is 0. The number of rotatable bonds is 5. The van der Waals surface area contributed by atoms with Crippen molar-refractivity contribution in [3.8, 4) is 11.5 Å². The van der Waals surface area contributed by atoms with Gasteiger partial charge < -0.3 is 14.2 Å². The Morgan fingerprint density at radius 2 is 1.74 bits per heavy atom. The Hall–Kier alpha value is -1.85. The van der Waals surface area contributed by atoms with E-state index in [1.54, 1.807) is 0 Å². The molecule has 0 N–H and O–H groups in total. The minimum atomic E-state index is -3.72. The Balaban J connectivity index is 3.30. The van der Waals surface area contributed by atoms with Crippen LogP contribution in [0.4, 0.5) is 8.78 Å². The third-order valence-corrected chi connectivity index (χ3v) is 2.60. The molecular weight excluding hydrogens is 258 g/mol. The highest BCUT2D eigenvalue weighted by Gasteiger charge is 2.44. The number of methoxy groups -OCH3 is 2. The first-order chi connectivity index (χ1) is 8.88. The molecule has 0 atom stereocenters. The summed E-state index contributed by atoms with van der Waals surface area (Å²) in [6.45, 7) is 2.82. The number of carbonyl (C=O) groups is 1. The van der Waals surface area contributed by atoms with Crippen LogP contribution in [-0.2, 0) is 15.5 Å². The second-order valence-corrected chi connectivity index (χ2v) is 3.82. The first kappa shape index (κ1) is 15.2. The molecule has 0 radical (unpaired) electrons. The van der Waals surface area contributed by atoms with Crippen molar-refractivity contribution in [2.24, 2.45) is 0 Å². The van der Waals surface area contributed by atoms with Crippen molar-refractivity contribution < 1.29 is 27.8 Å². The number of hydrogen-bond donors (Lipinski definition) is 0. The first-order valence-corrected chi connectivity index (χ1v) is 5.66. The van der Waals surface area contributed by atoms with Gasteiger partial charge in [0.05, 0.1) is 20.8 Å². The van der Waals surface area contributed by atoms with Gasteiger partial charge >= 0.3 is 11.9 Å². The van der Waals surface area contributed by atoms with Gasteiger partial charge in [-0.15, -0.1) is 0 Å². The maximum Gasteiger partial charge on any atom is 0.381 e. The van der Waals surface area contributed by atoms with Crippen LogP contribution < -0.4 is 9.47 Å². The minimum Gasteiger partial charge on any atom is -0.493 e. The van der Waals surface area contributed by atoms with E-state index < -0.39 is 17.5 Å². The lowest BCUT2D eigenvalue weighted by molar-refractivity contribution is -0.173. The molecule has 0 saturated carbocycles. The molecule has 0 amide bonds. The van der Waals surface area contributed by atoms with Crippen LogP contribution in [0.1, 0.15) is 18.1 Å². The Kier molecular flexibility index (Phi) is 4.69. The minimum absolute atomic E-state index is 0.110. The molecule has 0 saturated heterocycles. The zero-order chi connectivity index (χ0) is 14.6. The normalized spacial score (nSPS) is 11.1. The zero-order valence-electron chi connectivity index (χ0n) is 11.3. The highest BCUT2D eigenvalue weighted by Crippen LogP contribution is 2.38. The number of carbonyl (C=O) groups excluding carboxylic acids is 1. The Bertz CT molecular complexity index is 472. The number of esters is 1. The molecule has 6 heteroatoms. The van der Waals surface area contributed by atoms with E-state index in [1.165, 1.54) is 34.1 Å². The molecule has 0 bridgehead atoms. The third-order valence-electron chi connectivity index (χ3n) is 2.60. The van der Waals surface area contributed by atoms with Gasteiger partial charge in [0.15, 0.2) is 11.5 Å². The van der Waals surface area contributed by atoms with Crippen molar-refractivity contribution >= 4 is 5.97 Å². The van der Waals surface area contributed by atoms with Gasteiger partial charge in [-0.2, -0.15) is 8.78 Å². The van der Waals surface area contributed by atoms with Crippen LogP contribution in [0, 0.1) is 6.92 Å². The molecule has 19 heavy (non-hydrogen) atoms. The molecule has 1 aromatic carbocycles. The van der Waals surface area contributed by atoms with Gasteiger partial charge in [-0.1, -0.05) is 0 Å². The van der Waals surface area contributed by atoms with E-state index in [1.807, 2.05) is 0 Å². The maximum absolute atomic E-state index is 14.0. The molecule has 0 unspecified atom stereocenters. The summed E-state index contributed by atoms with van der Waals surface area (Å²) in [5.74, 6) is -4.85. The van der Waals surface area contributed by atoms with Gasteiger partial charge in [-0.25, -0.2) is 4.79 Å². The van der Waals surface area contributed by atoms with Gasteiger partial charge in [0.1, 0.15) is 0 Å². The van der Waals surface area contributed by atoms with Crippen LogP contribution in [0.5, 0.6) is 11.5 Å². The topological polar surface area (TPSA) is 44.8 Å². The van der Waals surface area contributed by atoms with Crippen LogP contribution in [0.25, 0.3) is 0 Å². The molecule has 0 aromatic heterocycles. The van der Waals surface area contributed by atoms with E-state index in [9.17, 15) is 13.6 Å². The van der Waals surface area contributed by atoms with E-state index in [2.05, 4.69) is 4.74 Å². The van der Waals surface area contributed by atoms with Crippen molar-refractivity contribution in [3.05, 3.63) is 23.3 Å². The summed E-state index contributed by atoms with van der Waals surface area (Å²) in [7, 11) is 2.74. The molecule has 0 aliphatic heterocycles. The average Bonchev–Trinajstić information content (AvgIpc) is 2.38. The monoisotopic (exact) mass is 274 g/mol. The quantitative estimate of drug-likeness (QED) is 0.774. The fraction of sp³-hybridized carbons (Fsp3) is 0.462. The highest BCUT2D eigenvalue weighted by atomic mass is 19.3. The van der Waals surface area contributed by atoms with Crippen LogP contribution in [0.2, 0.25) is 0 Å². The first-order valence-electron chi connectivity index (χ1n) is 5.66. The van der Waals surface area contributed by atoms with Gasteiger partial charge in [-0.05, 0) is 31.5 Å². The molecule has 4 nitrogen and oxygen atoms in total. The van der Waals surface area contributed by atoms with Gasteiger partial charge in [0.25, 0.3) is 0 Å². The summed E-state index contributed by atoms with van der Waals surface area (Å²) < 4.78 is 42.3. The van der Waals surface area contributed by atoms with Crippen molar-refractivity contribution in [1.82, 2.24) is 0 Å². The molecular formula is C13H16F2O4. The van der Waals surface area contributed by atoms with Crippen LogP contribution >= 0.6 is 0 Å². The summed E-state index contributed by atoms with van der Waals surface area (Å²) in [5, 5.41) is 0. The predicted octanol–water partition coefficient (Wildman–Crippen LogP) is 2.67. The average molecular weight is 274 g/mol. The second kappa shape index (κ2) is 5.86. The number of ether oxygens (including phenoxy) is 3. The predicted molar refractivity (Wildman–Crippen MR) is 64.8 cm³/mol. The molecule has 1 rings (SSSR count). The Labute approximate surface area is 110 Å². The van der Waals surface area contributed by atoms with Gasteiger partial charge in [0, 0.05) is 5.56 Å². The summed E-state index contributed by atoms with van der Waals surface area (Å²) in [4.78, 5) is 11.3. The summed E-state index contributed by atoms with van der Waals surface area (Å²) in [5.41, 5.74) is -0.237. The largest absolute Gasteiger partial charge is 0.493 e. The third kappa shape index (κ3) is 2.94. The molecule has 0 aliphatic rings. The number of hydrogen-bond acceptors (Lipinski definition) is 4. The van der Waals surface area contributed by atoms with Crippen LogP contribution in [-0.4, -0.2) is 26.8 Å². The van der Waals surface area contributed by atoms with Crippen molar-refractivity contribution in [1.29, 1.82) is 0 Å². The smallest absolute Gasteiger partial charge is 0.381 e. The zero-order valence-corrected chi connectivity index (χ0v) is 11.3. The SMILES string of the molecule is CCOC(=O)C(F)(F)c1cc(OC)c(OC)cc1C. The number of aryl methyl sites for hydroxylation is 1. The molecule has 1 aromatic rings. The van der Waals surface area contributed by atoms with Crippen molar-refractivity contribution in [2.75, 3.05) is 20.8 Å². The number of halogens is 2. The molecule has 0 heterocycles. The van der Waals surface area contributed by atoms with Gasteiger partial charge in [0.2, 0.25) is 0 Å². The highest BCUT2D eigenvalue weighted by molar-refractivity contribution is 5.80. The number of alkyl halides is 2. The van der Waals surface area contributed by atoms with Crippen molar-refractivity contribution in [2.45, 2.75) is 19.8 Å². The summed E-state index contributed by atoms with van der Waals surface area (Å²) in [6, 6.07) is 2.48. The standard InChI is InChI=1S/C13H16F2O4/c1-5-19-12(16)13(14,15)9-7-11(18-4)10(17-3)6-8(9)2/h6-7H,5H2,1-4H3. The molecule has 106 valence electrons. The fourth-order valence-electron chi connectivity index (χ4n) is 1.65. The lowest BCUT2D eigenvalue weighted by Gasteiger charge is -2.19. The second-order valence-electron chi connectivity index (χ2n) is 3.82. The Morgan fingerprint density at radius 1 is 1.21 bits per heavy atom.